The molecule has 1 heterocycles. The van der Waals surface area contributed by atoms with Gasteiger partial charge in [0.1, 0.15) is 6.54 Å². The number of nitrogens with zero attached hydrogens (tertiary/aromatic N) is 2. The molecule has 6 nitrogen and oxygen atoms in total. The van der Waals surface area contributed by atoms with Crippen LogP contribution in [0.5, 0.6) is 0 Å². The molecule has 3 rings (SSSR count). The van der Waals surface area contributed by atoms with E-state index in [4.69, 9.17) is 11.6 Å². The first-order valence-electron chi connectivity index (χ1n) is 8.80. The van der Waals surface area contributed by atoms with Crippen LogP contribution in [0.25, 0.3) is 0 Å². The van der Waals surface area contributed by atoms with Gasteiger partial charge in [0.15, 0.2) is 0 Å². The average molecular weight is 409 g/mol. The van der Waals surface area contributed by atoms with Crippen LogP contribution in [0.2, 0.25) is 5.02 Å². The Labute approximate surface area is 165 Å². The van der Waals surface area contributed by atoms with Crippen molar-refractivity contribution in [2.24, 2.45) is 0 Å². The number of likely N-dealkylation sites (N-methyl/N-ethyl adjacent to an activating group) is 1. The summed E-state index contributed by atoms with van der Waals surface area (Å²) in [5, 5.41) is 0.413. The van der Waals surface area contributed by atoms with Crippen molar-refractivity contribution >= 4 is 33.2 Å². The van der Waals surface area contributed by atoms with Gasteiger partial charge in [0, 0.05) is 5.02 Å². The summed E-state index contributed by atoms with van der Waals surface area (Å²) >= 11 is 6.07. The van der Waals surface area contributed by atoms with E-state index in [0.717, 1.165) is 17.4 Å². The molecule has 8 heteroatoms. The van der Waals surface area contributed by atoms with Crippen molar-refractivity contribution in [3.8, 4) is 0 Å². The Kier molecular flexibility index (Phi) is 6.04. The van der Waals surface area contributed by atoms with E-state index in [1.807, 2.05) is 0 Å². The summed E-state index contributed by atoms with van der Waals surface area (Å²) in [4.78, 5) is 16.1. The van der Waals surface area contributed by atoms with Gasteiger partial charge in [0.05, 0.1) is 43.8 Å². The molecule has 0 atom stereocenters. The van der Waals surface area contributed by atoms with Crippen LogP contribution in [0.1, 0.15) is 0 Å². The van der Waals surface area contributed by atoms with Crippen LogP contribution in [0.3, 0.4) is 0 Å². The molecule has 1 saturated heterocycles. The van der Waals surface area contributed by atoms with Gasteiger partial charge in [-0.3, -0.25) is 9.10 Å². The molecular formula is C19H23ClN3O3S+. The first-order chi connectivity index (χ1) is 12.9. The maximum Gasteiger partial charge on any atom is 0.264 e. The minimum absolute atomic E-state index is 0.139. The van der Waals surface area contributed by atoms with E-state index in [9.17, 15) is 13.2 Å². The highest BCUT2D eigenvalue weighted by atomic mass is 35.5. The summed E-state index contributed by atoms with van der Waals surface area (Å²) in [5.41, 5.74) is 0.374. The van der Waals surface area contributed by atoms with Crippen molar-refractivity contribution < 1.29 is 18.1 Å². The van der Waals surface area contributed by atoms with Gasteiger partial charge < -0.3 is 9.80 Å². The van der Waals surface area contributed by atoms with Gasteiger partial charge in [0.2, 0.25) is 5.91 Å². The molecule has 0 radical (unpaired) electrons. The Balaban J connectivity index is 1.92. The first-order valence-corrected chi connectivity index (χ1v) is 10.6. The van der Waals surface area contributed by atoms with Crippen LogP contribution in [0, 0.1) is 0 Å². The molecule has 144 valence electrons. The average Bonchev–Trinajstić information content (AvgIpc) is 2.67. The van der Waals surface area contributed by atoms with Crippen molar-refractivity contribution in [3.05, 3.63) is 59.6 Å². The lowest BCUT2D eigenvalue weighted by Gasteiger charge is -2.32. The number of hydrogen-bond donors (Lipinski definition) is 1. The summed E-state index contributed by atoms with van der Waals surface area (Å²) in [6.45, 7) is 2.71. The lowest BCUT2D eigenvalue weighted by atomic mass is 10.3. The summed E-state index contributed by atoms with van der Waals surface area (Å²) in [6.07, 6.45) is 0. The number of quaternary nitrogens is 1. The number of piperazine rings is 1. The molecule has 0 aromatic heterocycles. The van der Waals surface area contributed by atoms with E-state index in [-0.39, 0.29) is 17.3 Å². The van der Waals surface area contributed by atoms with Crippen LogP contribution in [-0.4, -0.2) is 59.0 Å². The van der Waals surface area contributed by atoms with Gasteiger partial charge in [-0.15, -0.1) is 0 Å². The Morgan fingerprint density at radius 1 is 1.11 bits per heavy atom. The zero-order valence-electron chi connectivity index (χ0n) is 15.1. The molecule has 0 bridgehead atoms. The number of carbonyl (C=O) groups is 1. The third-order valence-electron chi connectivity index (χ3n) is 4.68. The van der Waals surface area contributed by atoms with E-state index in [2.05, 4.69) is 7.05 Å². The quantitative estimate of drug-likeness (QED) is 0.799. The molecule has 2 aromatic rings. The Morgan fingerprint density at radius 2 is 1.78 bits per heavy atom. The second-order valence-electron chi connectivity index (χ2n) is 6.64. The largest absolute Gasteiger partial charge is 0.334 e. The van der Waals surface area contributed by atoms with E-state index in [0.29, 0.717) is 23.8 Å². The predicted octanol–water partition coefficient (Wildman–Crippen LogP) is 0.892. The zero-order chi connectivity index (χ0) is 19.4. The number of hydrogen-bond acceptors (Lipinski definition) is 3. The summed E-state index contributed by atoms with van der Waals surface area (Å²) in [5.74, 6) is -0.206. The maximum absolute atomic E-state index is 13.2. The molecule has 27 heavy (non-hydrogen) atoms. The molecule has 0 aliphatic carbocycles. The molecule has 0 spiro atoms. The lowest BCUT2D eigenvalue weighted by Crippen LogP contribution is -3.12. The van der Waals surface area contributed by atoms with Gasteiger partial charge >= 0.3 is 0 Å². The first kappa shape index (κ1) is 19.7. The number of anilines is 1. The van der Waals surface area contributed by atoms with Crippen molar-refractivity contribution in [2.45, 2.75) is 4.90 Å². The maximum atomic E-state index is 13.2. The molecule has 0 unspecified atom stereocenters. The Bertz CT molecular complexity index is 897. The molecule has 1 N–H and O–H groups in total. The molecule has 1 amide bonds. The van der Waals surface area contributed by atoms with Crippen molar-refractivity contribution in [1.82, 2.24) is 4.90 Å². The summed E-state index contributed by atoms with van der Waals surface area (Å²) in [6, 6.07) is 14.7. The zero-order valence-corrected chi connectivity index (χ0v) is 16.7. The SMILES string of the molecule is C[NH+]1CCN(C(=O)CN(c2cccc(Cl)c2)S(=O)(=O)c2ccccc2)CC1. The lowest BCUT2D eigenvalue weighted by molar-refractivity contribution is -0.883. The van der Waals surface area contributed by atoms with Crippen LogP contribution in [-0.2, 0) is 14.8 Å². The van der Waals surface area contributed by atoms with Crippen molar-refractivity contribution in [3.63, 3.8) is 0 Å². The van der Waals surface area contributed by atoms with E-state index in [1.165, 1.54) is 17.0 Å². The molecular weight excluding hydrogens is 386 g/mol. The third-order valence-corrected chi connectivity index (χ3v) is 6.70. The second kappa shape index (κ2) is 8.29. The number of benzene rings is 2. The highest BCUT2D eigenvalue weighted by molar-refractivity contribution is 7.92. The van der Waals surface area contributed by atoms with Gasteiger partial charge in [-0.1, -0.05) is 35.9 Å². The van der Waals surface area contributed by atoms with Crippen LogP contribution in [0.15, 0.2) is 59.5 Å². The standard InChI is InChI=1S/C19H22ClN3O3S/c1-21-10-12-22(13-11-21)19(24)15-23(17-7-5-6-16(20)14-17)27(25,26)18-8-3-2-4-9-18/h2-9,14H,10-13,15H2,1H3/p+1. The monoisotopic (exact) mass is 408 g/mol. The Hall–Kier alpha value is -2.09. The van der Waals surface area contributed by atoms with Gasteiger partial charge in [0.25, 0.3) is 10.0 Å². The molecule has 1 aliphatic rings. The van der Waals surface area contributed by atoms with E-state index >= 15 is 0 Å². The van der Waals surface area contributed by atoms with Gasteiger partial charge in [-0.2, -0.15) is 0 Å². The molecule has 2 aromatic carbocycles. The molecule has 0 saturated carbocycles. The van der Waals surface area contributed by atoms with Crippen molar-refractivity contribution in [1.29, 1.82) is 0 Å². The fourth-order valence-corrected chi connectivity index (χ4v) is 4.64. The molecule has 1 fully saturated rings. The smallest absolute Gasteiger partial charge is 0.264 e. The topological polar surface area (TPSA) is 62.1 Å². The van der Waals surface area contributed by atoms with Crippen LogP contribution < -0.4 is 9.21 Å². The number of halogens is 1. The highest BCUT2D eigenvalue weighted by Gasteiger charge is 2.30. The number of sulfonamides is 1. The van der Waals surface area contributed by atoms with Gasteiger partial charge in [-0.25, -0.2) is 8.42 Å². The minimum Gasteiger partial charge on any atom is -0.334 e. The number of carbonyl (C=O) groups excluding carboxylic acids is 1. The van der Waals surface area contributed by atoms with Crippen molar-refractivity contribution in [2.75, 3.05) is 44.1 Å². The van der Waals surface area contributed by atoms with Crippen LogP contribution >= 0.6 is 11.6 Å². The second-order valence-corrected chi connectivity index (χ2v) is 8.94. The molecule has 1 aliphatic heterocycles. The Morgan fingerprint density at radius 3 is 2.41 bits per heavy atom. The predicted molar refractivity (Wildman–Crippen MR) is 106 cm³/mol. The van der Waals surface area contributed by atoms with E-state index < -0.39 is 10.0 Å². The number of amides is 1. The normalized spacial score (nSPS) is 15.6. The summed E-state index contributed by atoms with van der Waals surface area (Å²) in [7, 11) is -1.81. The minimum atomic E-state index is -3.89. The number of rotatable bonds is 5. The van der Waals surface area contributed by atoms with Crippen LogP contribution in [0.4, 0.5) is 5.69 Å². The highest BCUT2D eigenvalue weighted by Crippen LogP contribution is 2.26. The van der Waals surface area contributed by atoms with E-state index in [1.54, 1.807) is 47.4 Å². The third kappa shape index (κ3) is 4.61. The fourth-order valence-electron chi connectivity index (χ4n) is 3.03. The fraction of sp³-hybridized carbons (Fsp3) is 0.316. The summed E-state index contributed by atoms with van der Waals surface area (Å²) < 4.78 is 27.6. The number of nitrogens with one attached hydrogen (secondary N) is 1. The van der Waals surface area contributed by atoms with Gasteiger partial charge in [-0.05, 0) is 30.3 Å².